The van der Waals surface area contributed by atoms with Crippen LogP contribution in [-0.2, 0) is 10.9 Å². The highest BCUT2D eigenvalue weighted by Gasteiger charge is 2.30. The molecule has 1 amide bonds. The van der Waals surface area contributed by atoms with E-state index in [0.29, 0.717) is 18.7 Å². The summed E-state index contributed by atoms with van der Waals surface area (Å²) in [4.78, 5) is 12.2. The number of carbonyl (C=O) groups excluding carboxylic acids is 1. The molecule has 1 aliphatic heterocycles. The zero-order valence-corrected chi connectivity index (χ0v) is 13.9. The second-order valence-corrected chi connectivity index (χ2v) is 6.00. The molecule has 0 radical (unpaired) electrons. The molecule has 1 atom stereocenters. The second kappa shape index (κ2) is 7.78. The van der Waals surface area contributed by atoms with Gasteiger partial charge in [0.05, 0.1) is 11.7 Å². The summed E-state index contributed by atoms with van der Waals surface area (Å²) in [5, 5.41) is 2.79. The van der Waals surface area contributed by atoms with Gasteiger partial charge in [-0.25, -0.2) is 0 Å². The number of hydrogen-bond acceptors (Lipinski definition) is 3. The largest absolute Gasteiger partial charge is 0.457 e. The fraction of sp³-hybridized carbons (Fsp3) is 0.316. The summed E-state index contributed by atoms with van der Waals surface area (Å²) < 4.78 is 49.2. The van der Waals surface area contributed by atoms with Crippen LogP contribution in [0.15, 0.2) is 48.5 Å². The van der Waals surface area contributed by atoms with Gasteiger partial charge >= 0.3 is 6.18 Å². The minimum atomic E-state index is -4.44. The van der Waals surface area contributed by atoms with E-state index in [1.54, 1.807) is 18.2 Å². The van der Waals surface area contributed by atoms with Crippen LogP contribution in [0.4, 0.5) is 13.2 Å². The zero-order valence-electron chi connectivity index (χ0n) is 13.9. The number of amides is 1. The first kappa shape index (κ1) is 18.3. The smallest absolute Gasteiger partial charge is 0.416 e. The average molecular weight is 365 g/mol. The number of hydrogen-bond donors (Lipinski definition) is 1. The van der Waals surface area contributed by atoms with Crippen LogP contribution in [-0.4, -0.2) is 25.2 Å². The van der Waals surface area contributed by atoms with Gasteiger partial charge in [0.25, 0.3) is 5.91 Å². The summed E-state index contributed by atoms with van der Waals surface area (Å²) in [6.07, 6.45) is -2.51. The van der Waals surface area contributed by atoms with Gasteiger partial charge < -0.3 is 14.8 Å². The molecule has 26 heavy (non-hydrogen) atoms. The minimum Gasteiger partial charge on any atom is -0.457 e. The van der Waals surface area contributed by atoms with Crippen molar-refractivity contribution in [3.8, 4) is 11.5 Å². The first-order chi connectivity index (χ1) is 12.4. The van der Waals surface area contributed by atoms with E-state index < -0.39 is 11.7 Å². The molecule has 2 aromatic rings. The van der Waals surface area contributed by atoms with E-state index in [0.717, 1.165) is 25.0 Å². The Hall–Kier alpha value is -2.54. The predicted octanol–water partition coefficient (Wildman–Crippen LogP) is 4.41. The van der Waals surface area contributed by atoms with Crippen molar-refractivity contribution in [2.75, 3.05) is 13.2 Å². The molecule has 0 bridgehead atoms. The van der Waals surface area contributed by atoms with Crippen molar-refractivity contribution < 1.29 is 27.4 Å². The molecule has 4 nitrogen and oxygen atoms in total. The van der Waals surface area contributed by atoms with E-state index in [-0.39, 0.29) is 23.5 Å². The van der Waals surface area contributed by atoms with Crippen LogP contribution in [0.2, 0.25) is 0 Å². The van der Waals surface area contributed by atoms with Gasteiger partial charge in [0.1, 0.15) is 11.5 Å². The summed E-state index contributed by atoms with van der Waals surface area (Å²) in [6.45, 7) is 1.14. The summed E-state index contributed by atoms with van der Waals surface area (Å²) in [7, 11) is 0. The Morgan fingerprint density at radius 3 is 2.58 bits per heavy atom. The predicted molar refractivity (Wildman–Crippen MR) is 89.3 cm³/mol. The van der Waals surface area contributed by atoms with Crippen molar-refractivity contribution in [2.24, 2.45) is 0 Å². The molecule has 0 unspecified atom stereocenters. The van der Waals surface area contributed by atoms with Gasteiger partial charge in [0.2, 0.25) is 0 Å². The van der Waals surface area contributed by atoms with Gasteiger partial charge in [-0.05, 0) is 49.2 Å². The summed E-state index contributed by atoms with van der Waals surface area (Å²) in [5.74, 6) is 0.0563. The monoisotopic (exact) mass is 365 g/mol. The Kier molecular flexibility index (Phi) is 5.46. The number of nitrogens with one attached hydrogen (secondary N) is 1. The highest BCUT2D eigenvalue weighted by molar-refractivity contribution is 5.94. The van der Waals surface area contributed by atoms with Crippen molar-refractivity contribution in [3.05, 3.63) is 59.7 Å². The van der Waals surface area contributed by atoms with E-state index in [1.165, 1.54) is 18.2 Å². The minimum absolute atomic E-state index is 0.0310. The van der Waals surface area contributed by atoms with Gasteiger partial charge in [-0.2, -0.15) is 13.2 Å². The highest BCUT2D eigenvalue weighted by atomic mass is 19.4. The molecule has 1 heterocycles. The molecule has 7 heteroatoms. The summed E-state index contributed by atoms with van der Waals surface area (Å²) >= 11 is 0. The lowest BCUT2D eigenvalue weighted by Gasteiger charge is -2.12. The molecule has 1 fully saturated rings. The van der Waals surface area contributed by atoms with Crippen LogP contribution in [0, 0.1) is 0 Å². The molecule has 1 N–H and O–H groups in total. The van der Waals surface area contributed by atoms with Gasteiger partial charge in [0, 0.05) is 18.7 Å². The van der Waals surface area contributed by atoms with Crippen LogP contribution >= 0.6 is 0 Å². The van der Waals surface area contributed by atoms with Crippen LogP contribution < -0.4 is 10.1 Å². The topological polar surface area (TPSA) is 47.6 Å². The summed E-state index contributed by atoms with van der Waals surface area (Å²) in [5.41, 5.74) is -0.423. The zero-order chi connectivity index (χ0) is 18.6. The van der Waals surface area contributed by atoms with Crippen molar-refractivity contribution in [2.45, 2.75) is 25.1 Å². The van der Waals surface area contributed by atoms with Crippen molar-refractivity contribution in [1.82, 2.24) is 5.32 Å². The Bertz CT molecular complexity index is 771. The first-order valence-electron chi connectivity index (χ1n) is 8.27. The second-order valence-electron chi connectivity index (χ2n) is 6.00. The third-order valence-corrected chi connectivity index (χ3v) is 4.01. The van der Waals surface area contributed by atoms with Crippen molar-refractivity contribution >= 4 is 5.91 Å². The third-order valence-electron chi connectivity index (χ3n) is 4.01. The molecule has 138 valence electrons. The van der Waals surface area contributed by atoms with Crippen LogP contribution in [0.1, 0.15) is 28.8 Å². The molecule has 0 aliphatic carbocycles. The lowest BCUT2D eigenvalue weighted by molar-refractivity contribution is -0.137. The fourth-order valence-corrected chi connectivity index (χ4v) is 2.69. The van der Waals surface area contributed by atoms with E-state index in [2.05, 4.69) is 5.32 Å². The molecule has 0 aromatic heterocycles. The van der Waals surface area contributed by atoms with Gasteiger partial charge in [-0.1, -0.05) is 12.1 Å². The molecule has 0 saturated carbocycles. The lowest BCUT2D eigenvalue weighted by Crippen LogP contribution is -2.31. The van der Waals surface area contributed by atoms with Gasteiger partial charge in [-0.3, -0.25) is 4.79 Å². The Balaban J connectivity index is 1.66. The number of benzene rings is 2. The maximum Gasteiger partial charge on any atom is 0.416 e. The normalized spacial score (nSPS) is 17.1. The Labute approximate surface area is 148 Å². The Morgan fingerprint density at radius 2 is 1.88 bits per heavy atom. The maximum atomic E-state index is 12.8. The quantitative estimate of drug-likeness (QED) is 0.854. The SMILES string of the molecule is O=C(NC[C@H]1CCCO1)c1cccc(Oc2cccc(C(F)(F)F)c2)c1. The number of rotatable bonds is 5. The van der Waals surface area contributed by atoms with Crippen molar-refractivity contribution in [3.63, 3.8) is 0 Å². The number of ether oxygens (including phenoxy) is 2. The highest BCUT2D eigenvalue weighted by Crippen LogP contribution is 2.32. The van der Waals surface area contributed by atoms with Gasteiger partial charge in [-0.15, -0.1) is 0 Å². The Morgan fingerprint density at radius 1 is 1.15 bits per heavy atom. The van der Waals surface area contributed by atoms with Crippen LogP contribution in [0.25, 0.3) is 0 Å². The fourth-order valence-electron chi connectivity index (χ4n) is 2.69. The number of halogens is 3. The molecule has 0 spiro atoms. The summed E-state index contributed by atoms with van der Waals surface area (Å²) in [6, 6.07) is 10.9. The van der Waals surface area contributed by atoms with E-state index in [4.69, 9.17) is 9.47 Å². The van der Waals surface area contributed by atoms with Crippen LogP contribution in [0.5, 0.6) is 11.5 Å². The van der Waals surface area contributed by atoms with Crippen molar-refractivity contribution in [1.29, 1.82) is 0 Å². The van der Waals surface area contributed by atoms with E-state index in [9.17, 15) is 18.0 Å². The molecule has 3 rings (SSSR count). The number of alkyl halides is 3. The van der Waals surface area contributed by atoms with E-state index in [1.807, 2.05) is 0 Å². The molecular formula is C19H18F3NO3. The standard InChI is InChI=1S/C19H18F3NO3/c20-19(21,22)14-5-2-7-16(11-14)26-15-6-1-4-13(10-15)18(24)23-12-17-8-3-9-25-17/h1-2,4-7,10-11,17H,3,8-9,12H2,(H,23,24)/t17-/m1/s1. The average Bonchev–Trinajstić information content (AvgIpc) is 3.13. The van der Waals surface area contributed by atoms with Crippen LogP contribution in [0.3, 0.4) is 0 Å². The third kappa shape index (κ3) is 4.76. The van der Waals surface area contributed by atoms with E-state index >= 15 is 0 Å². The number of carbonyl (C=O) groups is 1. The molecule has 1 saturated heterocycles. The molecule has 1 aliphatic rings. The first-order valence-corrected chi connectivity index (χ1v) is 8.27. The maximum absolute atomic E-state index is 12.8. The van der Waals surface area contributed by atoms with Gasteiger partial charge in [0.15, 0.2) is 0 Å². The molecular weight excluding hydrogens is 347 g/mol. The molecule has 2 aromatic carbocycles. The lowest BCUT2D eigenvalue weighted by atomic mass is 10.2.